The zero-order chi connectivity index (χ0) is 22.7. The number of nitrogens with zero attached hydrogens (tertiary/aromatic N) is 1. The molecule has 30 heavy (non-hydrogen) atoms. The monoisotopic (exact) mass is 428 g/mol. The molecular formula is C21H27F3N2O4. The van der Waals surface area contributed by atoms with E-state index in [1.807, 2.05) is 45.2 Å². The van der Waals surface area contributed by atoms with Crippen molar-refractivity contribution < 1.29 is 32.5 Å². The Morgan fingerprint density at radius 3 is 2.10 bits per heavy atom. The van der Waals surface area contributed by atoms with Crippen LogP contribution in [0.1, 0.15) is 32.8 Å². The molecule has 1 unspecified atom stereocenters. The van der Waals surface area contributed by atoms with E-state index in [-0.39, 0.29) is 6.10 Å². The lowest BCUT2D eigenvalue weighted by Gasteiger charge is -2.11. The Labute approximate surface area is 174 Å². The summed E-state index contributed by atoms with van der Waals surface area (Å²) in [5.74, 6) is -0.624. The zero-order valence-corrected chi connectivity index (χ0v) is 17.4. The third kappa shape index (κ3) is 10.1. The van der Waals surface area contributed by atoms with E-state index >= 15 is 0 Å². The number of aromatic nitrogens is 1. The zero-order valence-electron chi connectivity index (χ0n) is 17.4. The molecule has 0 aliphatic carbocycles. The highest BCUT2D eigenvalue weighted by Gasteiger charge is 2.38. The summed E-state index contributed by atoms with van der Waals surface area (Å²) in [6.45, 7) is 6.15. The van der Waals surface area contributed by atoms with E-state index in [1.54, 1.807) is 6.20 Å². The average Bonchev–Trinajstić information content (AvgIpc) is 2.68. The third-order valence-electron chi connectivity index (χ3n) is 3.83. The maximum absolute atomic E-state index is 10.6. The molecule has 6 nitrogen and oxygen atoms in total. The van der Waals surface area contributed by atoms with Crippen LogP contribution in [0.4, 0.5) is 13.2 Å². The van der Waals surface area contributed by atoms with Gasteiger partial charge in [-0.2, -0.15) is 13.2 Å². The molecule has 1 atom stereocenters. The van der Waals surface area contributed by atoms with Gasteiger partial charge in [-0.05, 0) is 64.4 Å². The molecule has 2 aromatic rings. The summed E-state index contributed by atoms with van der Waals surface area (Å²) in [4.78, 5) is 13.1. The summed E-state index contributed by atoms with van der Waals surface area (Å²) in [6, 6.07) is 12.4. The first kappa shape index (κ1) is 25.2. The van der Waals surface area contributed by atoms with Gasteiger partial charge in [0.05, 0.1) is 12.3 Å². The Bertz CT molecular complexity index is 763. The Kier molecular flexibility index (Phi) is 10.1. The molecule has 0 saturated carbocycles. The molecule has 0 amide bonds. The van der Waals surface area contributed by atoms with Gasteiger partial charge in [0.2, 0.25) is 5.88 Å². The highest BCUT2D eigenvalue weighted by Crippen LogP contribution is 2.23. The van der Waals surface area contributed by atoms with Crippen molar-refractivity contribution in [3.63, 3.8) is 0 Å². The average molecular weight is 428 g/mol. The first-order chi connectivity index (χ1) is 14.0. The van der Waals surface area contributed by atoms with Crippen LogP contribution in [0.2, 0.25) is 0 Å². The number of hydrogen-bond donors (Lipinski definition) is 2. The Morgan fingerprint density at radius 1 is 1.10 bits per heavy atom. The fourth-order valence-corrected chi connectivity index (χ4v) is 2.13. The van der Waals surface area contributed by atoms with E-state index in [4.69, 9.17) is 19.4 Å². The predicted octanol–water partition coefficient (Wildman–Crippen LogP) is 4.83. The number of alkyl halides is 3. The van der Waals surface area contributed by atoms with Crippen LogP contribution >= 0.6 is 0 Å². The first-order valence-electron chi connectivity index (χ1n) is 9.38. The molecule has 1 aromatic heterocycles. The summed E-state index contributed by atoms with van der Waals surface area (Å²) in [6.07, 6.45) is -1.10. The molecule has 1 aromatic carbocycles. The summed E-state index contributed by atoms with van der Waals surface area (Å²) >= 11 is 0. The van der Waals surface area contributed by atoms with Crippen LogP contribution in [0.25, 0.3) is 0 Å². The van der Waals surface area contributed by atoms with Crippen molar-refractivity contribution in [1.82, 2.24) is 10.3 Å². The lowest BCUT2D eigenvalue weighted by atomic mass is 10.1. The molecule has 2 N–H and O–H groups in total. The van der Waals surface area contributed by atoms with Gasteiger partial charge in [-0.3, -0.25) is 0 Å². The normalized spacial score (nSPS) is 12.0. The number of hydrogen-bond acceptors (Lipinski definition) is 5. The van der Waals surface area contributed by atoms with Crippen molar-refractivity contribution in [3.05, 3.63) is 48.2 Å². The van der Waals surface area contributed by atoms with Crippen molar-refractivity contribution in [2.45, 2.75) is 51.9 Å². The Hall–Kier alpha value is -2.81. The number of aryl methyl sites for hydroxylation is 1. The van der Waals surface area contributed by atoms with Gasteiger partial charge >= 0.3 is 12.1 Å². The van der Waals surface area contributed by atoms with Crippen LogP contribution in [-0.2, 0) is 11.2 Å². The largest absolute Gasteiger partial charge is 0.490 e. The van der Waals surface area contributed by atoms with Crippen molar-refractivity contribution in [2.24, 2.45) is 0 Å². The maximum atomic E-state index is 10.6. The van der Waals surface area contributed by atoms with Gasteiger partial charge in [-0.1, -0.05) is 12.1 Å². The number of rotatable bonds is 8. The number of pyridine rings is 1. The van der Waals surface area contributed by atoms with Gasteiger partial charge in [0.1, 0.15) is 11.5 Å². The molecule has 0 aliphatic heterocycles. The SMILES string of the molecule is CNC(C)CCc1ccc(Oc2ccc(OC(C)C)nc2)cc1.O=C(O)C(F)(F)F. The quantitative estimate of drug-likeness (QED) is 0.627. The summed E-state index contributed by atoms with van der Waals surface area (Å²) < 4.78 is 43.1. The Morgan fingerprint density at radius 2 is 1.67 bits per heavy atom. The Balaban J connectivity index is 0.000000553. The summed E-state index contributed by atoms with van der Waals surface area (Å²) in [7, 11) is 1.99. The molecule has 0 fully saturated rings. The standard InChI is InChI=1S/C19H26N2O2.C2HF3O2/c1-14(2)22-19-12-11-18(13-21-19)23-17-9-7-16(8-10-17)6-5-15(3)20-4;3-2(4,5)1(6)7/h7-15,20H,5-6H2,1-4H3;(H,6,7). The molecule has 0 spiro atoms. The number of carbonyl (C=O) groups is 1. The van der Waals surface area contributed by atoms with E-state index in [0.717, 1.165) is 18.6 Å². The van der Waals surface area contributed by atoms with Gasteiger partial charge < -0.3 is 19.9 Å². The van der Waals surface area contributed by atoms with E-state index in [0.29, 0.717) is 17.7 Å². The molecule has 0 aliphatic rings. The number of carboxylic acids is 1. The topological polar surface area (TPSA) is 80.7 Å². The molecule has 0 bridgehead atoms. The number of benzene rings is 1. The summed E-state index contributed by atoms with van der Waals surface area (Å²) in [5, 5.41) is 10.4. The minimum absolute atomic E-state index is 0.118. The molecular weight excluding hydrogens is 401 g/mol. The third-order valence-corrected chi connectivity index (χ3v) is 3.83. The van der Waals surface area contributed by atoms with Crippen LogP contribution in [0.3, 0.4) is 0 Å². The van der Waals surface area contributed by atoms with Crippen molar-refractivity contribution in [2.75, 3.05) is 7.05 Å². The van der Waals surface area contributed by atoms with Crippen LogP contribution < -0.4 is 14.8 Å². The van der Waals surface area contributed by atoms with Crippen LogP contribution in [0.15, 0.2) is 42.6 Å². The first-order valence-corrected chi connectivity index (χ1v) is 9.38. The van der Waals surface area contributed by atoms with Crippen molar-refractivity contribution >= 4 is 5.97 Å². The molecule has 2 rings (SSSR count). The van der Waals surface area contributed by atoms with Gasteiger partial charge in [-0.25, -0.2) is 9.78 Å². The second-order valence-electron chi connectivity index (χ2n) is 6.78. The van der Waals surface area contributed by atoms with Gasteiger partial charge in [0.25, 0.3) is 0 Å². The highest BCUT2D eigenvalue weighted by atomic mass is 19.4. The highest BCUT2D eigenvalue weighted by molar-refractivity contribution is 5.73. The number of carboxylic acid groups (broad SMARTS) is 1. The number of halogens is 3. The van der Waals surface area contributed by atoms with Gasteiger partial charge in [0, 0.05) is 12.1 Å². The fraction of sp³-hybridized carbons (Fsp3) is 0.429. The van der Waals surface area contributed by atoms with Crippen molar-refractivity contribution in [3.8, 4) is 17.4 Å². The van der Waals surface area contributed by atoms with E-state index < -0.39 is 12.1 Å². The van der Waals surface area contributed by atoms with Crippen LogP contribution in [-0.4, -0.2) is 41.4 Å². The predicted molar refractivity (Wildman–Crippen MR) is 107 cm³/mol. The van der Waals surface area contributed by atoms with Gasteiger partial charge in [0.15, 0.2) is 0 Å². The minimum atomic E-state index is -5.08. The molecule has 0 saturated heterocycles. The van der Waals surface area contributed by atoms with Gasteiger partial charge in [-0.15, -0.1) is 0 Å². The second-order valence-corrected chi connectivity index (χ2v) is 6.78. The second kappa shape index (κ2) is 12.0. The lowest BCUT2D eigenvalue weighted by molar-refractivity contribution is -0.192. The van der Waals surface area contributed by atoms with E-state index in [1.165, 1.54) is 5.56 Å². The number of aliphatic carboxylic acids is 1. The molecule has 9 heteroatoms. The van der Waals surface area contributed by atoms with E-state index in [9.17, 15) is 13.2 Å². The molecule has 1 heterocycles. The fourth-order valence-electron chi connectivity index (χ4n) is 2.13. The smallest absolute Gasteiger partial charge is 0.475 e. The molecule has 166 valence electrons. The van der Waals surface area contributed by atoms with E-state index in [2.05, 4.69) is 29.4 Å². The minimum Gasteiger partial charge on any atom is -0.475 e. The number of ether oxygens (including phenoxy) is 2. The van der Waals surface area contributed by atoms with Crippen LogP contribution in [0, 0.1) is 0 Å². The maximum Gasteiger partial charge on any atom is 0.490 e. The summed E-state index contributed by atoms with van der Waals surface area (Å²) in [5.41, 5.74) is 1.32. The molecule has 0 radical (unpaired) electrons. The number of nitrogens with one attached hydrogen (secondary N) is 1. The van der Waals surface area contributed by atoms with Crippen LogP contribution in [0.5, 0.6) is 17.4 Å². The van der Waals surface area contributed by atoms with Crippen molar-refractivity contribution in [1.29, 1.82) is 0 Å². The lowest BCUT2D eigenvalue weighted by Crippen LogP contribution is -2.21.